The lowest BCUT2D eigenvalue weighted by molar-refractivity contribution is 0.259. The molecule has 2 heterocycles. The zero-order valence-electron chi connectivity index (χ0n) is 11.8. The Morgan fingerprint density at radius 1 is 1.32 bits per heavy atom. The molecule has 0 radical (unpaired) electrons. The van der Waals surface area contributed by atoms with E-state index in [1.165, 1.54) is 0 Å². The van der Waals surface area contributed by atoms with E-state index < -0.39 is 10.2 Å². The van der Waals surface area contributed by atoms with Gasteiger partial charge in [0.05, 0.1) is 0 Å². The van der Waals surface area contributed by atoms with E-state index in [0.717, 1.165) is 19.3 Å². The zero-order valence-corrected chi connectivity index (χ0v) is 13.5. The van der Waals surface area contributed by atoms with Crippen LogP contribution in [0.25, 0.3) is 0 Å². The lowest BCUT2D eigenvalue weighted by Crippen LogP contribution is -2.47. The molecule has 19 heavy (non-hydrogen) atoms. The molecule has 2 N–H and O–H groups in total. The summed E-state index contributed by atoms with van der Waals surface area (Å²) < 4.78 is 28.4. The van der Waals surface area contributed by atoms with Crippen LogP contribution in [0.3, 0.4) is 0 Å². The van der Waals surface area contributed by atoms with Gasteiger partial charge in [0.1, 0.15) is 0 Å². The molecule has 0 aromatic heterocycles. The van der Waals surface area contributed by atoms with E-state index in [9.17, 15) is 8.42 Å². The second kappa shape index (κ2) is 6.26. The van der Waals surface area contributed by atoms with Gasteiger partial charge in [-0.15, -0.1) is 12.4 Å². The SMILES string of the molecule is CC1CCCN(S(=O)(=O)N2CCC(C)(CN)C2)C1.Cl. The third-order valence-electron chi connectivity index (χ3n) is 4.29. The first kappa shape index (κ1) is 17.2. The molecule has 0 amide bonds. The molecule has 114 valence electrons. The average Bonchev–Trinajstić information content (AvgIpc) is 2.73. The van der Waals surface area contributed by atoms with Crippen LogP contribution in [0.15, 0.2) is 0 Å². The summed E-state index contributed by atoms with van der Waals surface area (Å²) in [7, 11) is -3.26. The predicted octanol–water partition coefficient (Wildman–Crippen LogP) is 1.06. The molecule has 0 bridgehead atoms. The van der Waals surface area contributed by atoms with Crippen LogP contribution in [0.4, 0.5) is 0 Å². The van der Waals surface area contributed by atoms with Gasteiger partial charge in [0, 0.05) is 26.2 Å². The minimum atomic E-state index is -3.26. The Hall–Kier alpha value is 0.120. The average molecular weight is 312 g/mol. The standard InChI is InChI=1S/C12H25N3O2S.ClH/c1-11-4-3-6-14(8-11)18(16,17)15-7-5-12(2,9-13)10-15;/h11H,3-10,13H2,1-2H3;1H. The highest BCUT2D eigenvalue weighted by molar-refractivity contribution is 7.86. The summed E-state index contributed by atoms with van der Waals surface area (Å²) in [6, 6.07) is 0. The maximum Gasteiger partial charge on any atom is 0.282 e. The van der Waals surface area contributed by atoms with E-state index in [-0.39, 0.29) is 17.8 Å². The summed E-state index contributed by atoms with van der Waals surface area (Å²) in [6.45, 7) is 7.25. The van der Waals surface area contributed by atoms with Gasteiger partial charge < -0.3 is 5.73 Å². The highest BCUT2D eigenvalue weighted by atomic mass is 35.5. The van der Waals surface area contributed by atoms with E-state index in [0.29, 0.717) is 38.6 Å². The lowest BCUT2D eigenvalue weighted by atomic mass is 9.90. The molecule has 2 fully saturated rings. The van der Waals surface area contributed by atoms with E-state index in [2.05, 4.69) is 13.8 Å². The fourth-order valence-corrected chi connectivity index (χ4v) is 4.79. The predicted molar refractivity (Wildman–Crippen MR) is 79.5 cm³/mol. The summed E-state index contributed by atoms with van der Waals surface area (Å²) in [6.07, 6.45) is 2.97. The van der Waals surface area contributed by atoms with Crippen LogP contribution >= 0.6 is 12.4 Å². The lowest BCUT2D eigenvalue weighted by Gasteiger charge is -2.33. The van der Waals surface area contributed by atoms with Crippen LogP contribution in [0.5, 0.6) is 0 Å². The van der Waals surface area contributed by atoms with Crippen molar-refractivity contribution in [2.24, 2.45) is 17.1 Å². The number of piperidine rings is 1. The topological polar surface area (TPSA) is 66.6 Å². The molecule has 0 spiro atoms. The van der Waals surface area contributed by atoms with Crippen LogP contribution in [0.1, 0.15) is 33.1 Å². The van der Waals surface area contributed by atoms with E-state index in [1.807, 2.05) is 0 Å². The van der Waals surface area contributed by atoms with Crippen molar-refractivity contribution in [1.82, 2.24) is 8.61 Å². The van der Waals surface area contributed by atoms with Crippen LogP contribution < -0.4 is 5.73 Å². The first-order valence-electron chi connectivity index (χ1n) is 6.83. The van der Waals surface area contributed by atoms with Crippen LogP contribution in [-0.2, 0) is 10.2 Å². The van der Waals surface area contributed by atoms with Crippen LogP contribution in [0.2, 0.25) is 0 Å². The van der Waals surface area contributed by atoms with Crippen molar-refractivity contribution in [3.63, 3.8) is 0 Å². The Balaban J connectivity index is 0.00000180. The highest BCUT2D eigenvalue weighted by Gasteiger charge is 2.41. The van der Waals surface area contributed by atoms with E-state index >= 15 is 0 Å². The molecule has 7 heteroatoms. The number of hydrogen-bond acceptors (Lipinski definition) is 3. The van der Waals surface area contributed by atoms with Gasteiger partial charge in [0.25, 0.3) is 10.2 Å². The van der Waals surface area contributed by atoms with Crippen LogP contribution in [0, 0.1) is 11.3 Å². The first-order chi connectivity index (χ1) is 8.37. The third-order valence-corrected chi connectivity index (χ3v) is 6.24. The van der Waals surface area contributed by atoms with Crippen molar-refractivity contribution in [1.29, 1.82) is 0 Å². The second-order valence-corrected chi connectivity index (χ2v) is 8.14. The molecule has 5 nitrogen and oxygen atoms in total. The molecule has 0 aliphatic carbocycles. The molecular weight excluding hydrogens is 286 g/mol. The van der Waals surface area contributed by atoms with Gasteiger partial charge in [0.15, 0.2) is 0 Å². The number of halogens is 1. The fraction of sp³-hybridized carbons (Fsp3) is 1.00. The van der Waals surface area contributed by atoms with Gasteiger partial charge in [0.2, 0.25) is 0 Å². The Morgan fingerprint density at radius 3 is 2.53 bits per heavy atom. The minimum Gasteiger partial charge on any atom is -0.330 e. The quantitative estimate of drug-likeness (QED) is 0.847. The molecule has 2 atom stereocenters. The van der Waals surface area contributed by atoms with Gasteiger partial charge >= 0.3 is 0 Å². The molecular formula is C12H26ClN3O2S. The van der Waals surface area contributed by atoms with Crippen molar-refractivity contribution in [2.75, 3.05) is 32.7 Å². The molecule has 2 saturated heterocycles. The number of nitrogens with zero attached hydrogens (tertiary/aromatic N) is 2. The van der Waals surface area contributed by atoms with Crippen LogP contribution in [-0.4, -0.2) is 49.8 Å². The van der Waals surface area contributed by atoms with Crippen molar-refractivity contribution in [3.8, 4) is 0 Å². The zero-order chi connectivity index (χ0) is 13.4. The Labute approximate surface area is 123 Å². The maximum absolute atomic E-state index is 12.5. The van der Waals surface area contributed by atoms with E-state index in [4.69, 9.17) is 5.73 Å². The monoisotopic (exact) mass is 311 g/mol. The molecule has 2 unspecified atom stereocenters. The van der Waals surface area contributed by atoms with Gasteiger partial charge in [-0.25, -0.2) is 0 Å². The summed E-state index contributed by atoms with van der Waals surface area (Å²) in [5.41, 5.74) is 5.69. The molecule has 0 saturated carbocycles. The summed E-state index contributed by atoms with van der Waals surface area (Å²) in [5, 5.41) is 0. The van der Waals surface area contributed by atoms with Gasteiger partial charge in [-0.05, 0) is 37.1 Å². The van der Waals surface area contributed by atoms with Crippen molar-refractivity contribution in [3.05, 3.63) is 0 Å². The number of rotatable bonds is 3. The number of nitrogens with two attached hydrogens (primary N) is 1. The van der Waals surface area contributed by atoms with Crippen molar-refractivity contribution >= 4 is 22.6 Å². The second-order valence-electron chi connectivity index (χ2n) is 6.21. The summed E-state index contributed by atoms with van der Waals surface area (Å²) >= 11 is 0. The van der Waals surface area contributed by atoms with Gasteiger partial charge in [-0.1, -0.05) is 13.8 Å². The van der Waals surface area contributed by atoms with Crippen molar-refractivity contribution < 1.29 is 8.42 Å². The Kier molecular flexibility index (Phi) is 5.66. The summed E-state index contributed by atoms with van der Waals surface area (Å²) in [4.78, 5) is 0. The van der Waals surface area contributed by atoms with E-state index in [1.54, 1.807) is 8.61 Å². The molecule has 2 aliphatic rings. The molecule has 0 aromatic carbocycles. The largest absolute Gasteiger partial charge is 0.330 e. The smallest absolute Gasteiger partial charge is 0.282 e. The Morgan fingerprint density at radius 2 is 2.00 bits per heavy atom. The number of hydrogen-bond donors (Lipinski definition) is 1. The summed E-state index contributed by atoms with van der Waals surface area (Å²) in [5.74, 6) is 0.469. The highest BCUT2D eigenvalue weighted by Crippen LogP contribution is 2.32. The van der Waals surface area contributed by atoms with Crippen molar-refractivity contribution in [2.45, 2.75) is 33.1 Å². The molecule has 2 rings (SSSR count). The first-order valence-corrected chi connectivity index (χ1v) is 8.22. The minimum absolute atomic E-state index is 0. The molecule has 0 aromatic rings. The fourth-order valence-electron chi connectivity index (χ4n) is 2.86. The van der Waals surface area contributed by atoms with Gasteiger partial charge in [-0.3, -0.25) is 0 Å². The normalized spacial score (nSPS) is 34.2. The maximum atomic E-state index is 12.5. The molecule has 2 aliphatic heterocycles. The third kappa shape index (κ3) is 3.61. The van der Waals surface area contributed by atoms with Gasteiger partial charge in [-0.2, -0.15) is 17.0 Å². The Bertz CT molecular complexity index is 404.